The lowest BCUT2D eigenvalue weighted by Gasteiger charge is -2.32. The van der Waals surface area contributed by atoms with E-state index in [1.54, 1.807) is 0 Å². The molecule has 1 aliphatic heterocycles. The van der Waals surface area contributed by atoms with Gasteiger partial charge in [0.1, 0.15) is 0 Å². The molecule has 112 valence electrons. The van der Waals surface area contributed by atoms with E-state index in [0.29, 0.717) is 18.2 Å². The Balaban J connectivity index is 1.68. The zero-order valence-electron chi connectivity index (χ0n) is 12.2. The Hall–Kier alpha value is -1.92. The van der Waals surface area contributed by atoms with E-state index in [4.69, 9.17) is 10.5 Å². The Morgan fingerprint density at radius 1 is 1.33 bits per heavy atom. The van der Waals surface area contributed by atoms with E-state index in [2.05, 4.69) is 27.1 Å². The highest BCUT2D eigenvalue weighted by molar-refractivity contribution is 5.79. The molecule has 0 saturated carbocycles. The van der Waals surface area contributed by atoms with Crippen molar-refractivity contribution in [3.05, 3.63) is 24.3 Å². The molecule has 1 aliphatic rings. The Bertz CT molecular complexity index is 618. The van der Waals surface area contributed by atoms with Crippen molar-refractivity contribution in [1.29, 1.82) is 0 Å². The third-order valence-corrected chi connectivity index (χ3v) is 3.76. The number of hydrogen-bond acceptors (Lipinski definition) is 6. The number of rotatable bonds is 4. The molecule has 3 N–H and O–H groups in total. The van der Waals surface area contributed by atoms with Crippen molar-refractivity contribution in [3.8, 4) is 0 Å². The quantitative estimate of drug-likeness (QED) is 0.884. The molecule has 21 heavy (non-hydrogen) atoms. The van der Waals surface area contributed by atoms with Crippen LogP contribution in [0.5, 0.6) is 0 Å². The largest absolute Gasteiger partial charge is 0.381 e. The van der Waals surface area contributed by atoms with Gasteiger partial charge >= 0.3 is 0 Å². The van der Waals surface area contributed by atoms with Crippen molar-refractivity contribution in [2.75, 3.05) is 43.8 Å². The van der Waals surface area contributed by atoms with Crippen molar-refractivity contribution in [2.24, 2.45) is 0 Å². The first-order valence-electron chi connectivity index (χ1n) is 7.36. The number of aromatic nitrogens is 2. The fourth-order valence-corrected chi connectivity index (χ4v) is 2.55. The normalized spacial score (nSPS) is 19.8. The van der Waals surface area contributed by atoms with Gasteiger partial charge in [0, 0.05) is 19.6 Å². The predicted octanol–water partition coefficient (Wildman–Crippen LogP) is 1.34. The van der Waals surface area contributed by atoms with Crippen molar-refractivity contribution in [1.82, 2.24) is 14.9 Å². The SMILES string of the molecule is CCN1CCOC(CNc2nc3ccccc3nc2N)C1. The molecule has 1 aromatic heterocycles. The van der Waals surface area contributed by atoms with Gasteiger partial charge in [-0.2, -0.15) is 0 Å². The Morgan fingerprint density at radius 3 is 2.86 bits per heavy atom. The average molecular weight is 287 g/mol. The standard InChI is InChI=1S/C15H21N5O/c1-2-20-7-8-21-11(10-20)9-17-15-14(16)18-12-5-3-4-6-13(12)19-15/h3-6,11H,2,7-10H2,1H3,(H2,16,18)(H,17,19). The zero-order valence-corrected chi connectivity index (χ0v) is 12.2. The smallest absolute Gasteiger partial charge is 0.169 e. The van der Waals surface area contributed by atoms with Gasteiger partial charge in [0.05, 0.1) is 23.7 Å². The highest BCUT2D eigenvalue weighted by Gasteiger charge is 2.19. The number of nitrogen functional groups attached to an aromatic ring is 1. The van der Waals surface area contributed by atoms with Crippen molar-refractivity contribution in [2.45, 2.75) is 13.0 Å². The lowest BCUT2D eigenvalue weighted by Crippen LogP contribution is -2.45. The molecule has 6 heteroatoms. The van der Waals surface area contributed by atoms with Gasteiger partial charge in [0.2, 0.25) is 0 Å². The molecule has 0 aliphatic carbocycles. The molecule has 0 amide bonds. The number of fused-ring (bicyclic) bond motifs is 1. The monoisotopic (exact) mass is 287 g/mol. The van der Waals surface area contributed by atoms with Gasteiger partial charge < -0.3 is 15.8 Å². The van der Waals surface area contributed by atoms with Crippen LogP contribution in [-0.2, 0) is 4.74 Å². The number of morpholine rings is 1. The summed E-state index contributed by atoms with van der Waals surface area (Å²) < 4.78 is 5.77. The van der Waals surface area contributed by atoms with E-state index in [1.807, 2.05) is 24.3 Å². The van der Waals surface area contributed by atoms with E-state index in [1.165, 1.54) is 0 Å². The van der Waals surface area contributed by atoms with Crippen LogP contribution in [0.25, 0.3) is 11.0 Å². The summed E-state index contributed by atoms with van der Waals surface area (Å²) in [5.41, 5.74) is 7.62. The number of nitrogens with two attached hydrogens (primary N) is 1. The molecule has 6 nitrogen and oxygen atoms in total. The second kappa shape index (κ2) is 6.24. The predicted molar refractivity (Wildman–Crippen MR) is 84.3 cm³/mol. The third-order valence-electron chi connectivity index (χ3n) is 3.76. The van der Waals surface area contributed by atoms with Crippen LogP contribution in [0.15, 0.2) is 24.3 Å². The molecule has 0 spiro atoms. The summed E-state index contributed by atoms with van der Waals surface area (Å²) in [5, 5.41) is 3.27. The minimum Gasteiger partial charge on any atom is -0.381 e. The summed E-state index contributed by atoms with van der Waals surface area (Å²) >= 11 is 0. The molecule has 0 radical (unpaired) electrons. The third kappa shape index (κ3) is 3.22. The number of nitrogens with zero attached hydrogens (tertiary/aromatic N) is 3. The van der Waals surface area contributed by atoms with Crippen molar-refractivity contribution < 1.29 is 4.74 Å². The second-order valence-electron chi connectivity index (χ2n) is 5.21. The molecule has 3 rings (SSSR count). The first kappa shape index (κ1) is 14.0. The number of anilines is 2. The van der Waals surface area contributed by atoms with E-state index in [9.17, 15) is 0 Å². The minimum atomic E-state index is 0.159. The number of ether oxygens (including phenoxy) is 1. The highest BCUT2D eigenvalue weighted by Crippen LogP contribution is 2.18. The average Bonchev–Trinajstić information content (AvgIpc) is 2.53. The number of nitrogens with one attached hydrogen (secondary N) is 1. The van der Waals surface area contributed by atoms with Crippen molar-refractivity contribution in [3.63, 3.8) is 0 Å². The number of para-hydroxylation sites is 2. The minimum absolute atomic E-state index is 0.159. The molecule has 2 aromatic rings. The summed E-state index contributed by atoms with van der Waals surface area (Å²) in [4.78, 5) is 11.3. The van der Waals surface area contributed by atoms with E-state index in [0.717, 1.165) is 37.3 Å². The fourth-order valence-electron chi connectivity index (χ4n) is 2.55. The summed E-state index contributed by atoms with van der Waals surface area (Å²) in [6.45, 7) is 6.63. The van der Waals surface area contributed by atoms with Gasteiger partial charge in [-0.05, 0) is 18.7 Å². The molecule has 1 saturated heterocycles. The van der Waals surface area contributed by atoms with Crippen LogP contribution in [0.3, 0.4) is 0 Å². The maximum atomic E-state index is 5.97. The molecular weight excluding hydrogens is 266 g/mol. The zero-order chi connectivity index (χ0) is 14.7. The molecule has 1 fully saturated rings. The molecule has 2 heterocycles. The number of benzene rings is 1. The van der Waals surface area contributed by atoms with Gasteiger partial charge in [0.25, 0.3) is 0 Å². The topological polar surface area (TPSA) is 76.3 Å². The molecular formula is C15H21N5O. The maximum Gasteiger partial charge on any atom is 0.169 e. The molecule has 1 unspecified atom stereocenters. The summed E-state index contributed by atoms with van der Waals surface area (Å²) in [6.07, 6.45) is 0.159. The molecule has 1 aromatic carbocycles. The van der Waals surface area contributed by atoms with Gasteiger partial charge in [-0.25, -0.2) is 9.97 Å². The first-order valence-corrected chi connectivity index (χ1v) is 7.36. The van der Waals surface area contributed by atoms with Gasteiger partial charge in [-0.3, -0.25) is 4.90 Å². The maximum absolute atomic E-state index is 5.97. The molecule has 0 bridgehead atoms. The summed E-state index contributed by atoms with van der Waals surface area (Å²) in [5.74, 6) is 1.06. The lowest BCUT2D eigenvalue weighted by molar-refractivity contribution is -0.0192. The van der Waals surface area contributed by atoms with E-state index < -0.39 is 0 Å². The second-order valence-corrected chi connectivity index (χ2v) is 5.21. The number of hydrogen-bond donors (Lipinski definition) is 2. The Kier molecular flexibility index (Phi) is 4.17. The van der Waals surface area contributed by atoms with E-state index >= 15 is 0 Å². The lowest BCUT2D eigenvalue weighted by atomic mass is 10.2. The van der Waals surface area contributed by atoms with Crippen molar-refractivity contribution >= 4 is 22.7 Å². The van der Waals surface area contributed by atoms with Crippen LogP contribution in [0.2, 0.25) is 0 Å². The van der Waals surface area contributed by atoms with Crippen LogP contribution in [0.4, 0.5) is 11.6 Å². The van der Waals surface area contributed by atoms with Gasteiger partial charge in [-0.1, -0.05) is 19.1 Å². The first-order chi connectivity index (χ1) is 10.3. The van der Waals surface area contributed by atoms with Crippen LogP contribution < -0.4 is 11.1 Å². The number of likely N-dealkylation sites (N-methyl/N-ethyl adjacent to an activating group) is 1. The Labute approximate surface area is 124 Å². The van der Waals surface area contributed by atoms with Crippen LogP contribution in [0, 0.1) is 0 Å². The summed E-state index contributed by atoms with van der Waals surface area (Å²) in [7, 11) is 0. The van der Waals surface area contributed by atoms with Crippen LogP contribution >= 0.6 is 0 Å². The van der Waals surface area contributed by atoms with Crippen LogP contribution in [-0.4, -0.2) is 53.8 Å². The molecule has 1 atom stereocenters. The summed E-state index contributed by atoms with van der Waals surface area (Å²) in [6, 6.07) is 7.72. The van der Waals surface area contributed by atoms with Gasteiger partial charge in [0.15, 0.2) is 11.6 Å². The van der Waals surface area contributed by atoms with Crippen LogP contribution in [0.1, 0.15) is 6.92 Å². The van der Waals surface area contributed by atoms with E-state index in [-0.39, 0.29) is 6.10 Å². The fraction of sp³-hybridized carbons (Fsp3) is 0.467. The van der Waals surface area contributed by atoms with Gasteiger partial charge in [-0.15, -0.1) is 0 Å². The highest BCUT2D eigenvalue weighted by atomic mass is 16.5. The Morgan fingerprint density at radius 2 is 2.10 bits per heavy atom.